The second-order valence-corrected chi connectivity index (χ2v) is 7.99. The number of furan rings is 1. The zero-order valence-electron chi connectivity index (χ0n) is 17.1. The van der Waals surface area contributed by atoms with Crippen LogP contribution in [0.3, 0.4) is 0 Å². The molecule has 3 heterocycles. The number of ether oxygens (including phenoxy) is 1. The minimum atomic E-state index is -0.611. The molecule has 0 saturated heterocycles. The third kappa shape index (κ3) is 4.70. The smallest absolute Gasteiger partial charge is 0.433 e. The summed E-state index contributed by atoms with van der Waals surface area (Å²) in [4.78, 5) is 14.9. The Morgan fingerprint density at radius 2 is 1.88 bits per heavy atom. The summed E-state index contributed by atoms with van der Waals surface area (Å²) in [6, 6.07) is 20.5. The van der Waals surface area contributed by atoms with Crippen LogP contribution in [0.4, 0.5) is 11.6 Å². The van der Waals surface area contributed by atoms with Gasteiger partial charge in [0.1, 0.15) is 10.7 Å². The predicted octanol–water partition coefficient (Wildman–Crippen LogP) is 5.18. The predicted molar refractivity (Wildman–Crippen MR) is 124 cm³/mol. The van der Waals surface area contributed by atoms with Gasteiger partial charge in [-0.05, 0) is 29.8 Å². The maximum absolute atomic E-state index is 10.8. The zero-order chi connectivity index (χ0) is 22.6. The molecule has 1 atom stereocenters. The van der Waals surface area contributed by atoms with Gasteiger partial charge in [0.25, 0.3) is 0 Å². The van der Waals surface area contributed by atoms with Crippen LogP contribution in [-0.4, -0.2) is 26.3 Å². The Kier molecular flexibility index (Phi) is 5.73. The van der Waals surface area contributed by atoms with Crippen LogP contribution >= 0.6 is 11.8 Å². The van der Waals surface area contributed by atoms with Crippen molar-refractivity contribution in [2.24, 2.45) is 0 Å². The summed E-state index contributed by atoms with van der Waals surface area (Å²) in [6.45, 7) is 0. The highest BCUT2D eigenvalue weighted by Gasteiger charge is 2.24. The van der Waals surface area contributed by atoms with Gasteiger partial charge < -0.3 is 14.5 Å². The Morgan fingerprint density at radius 1 is 1.06 bits per heavy atom. The number of para-hydroxylation sites is 1. The van der Waals surface area contributed by atoms with Crippen LogP contribution in [0, 0.1) is 10.1 Å². The van der Waals surface area contributed by atoms with Crippen molar-refractivity contribution in [2.75, 3.05) is 5.32 Å². The molecule has 5 rings (SSSR count). The largest absolute Gasteiger partial charge is 0.448 e. The first-order chi connectivity index (χ1) is 16.2. The highest BCUT2D eigenvalue weighted by Crippen LogP contribution is 2.36. The quantitative estimate of drug-likeness (QED) is 0.236. The number of anilines is 1. The topological polar surface area (TPSA) is 116 Å². The Bertz CT molecular complexity index is 1330. The van der Waals surface area contributed by atoms with E-state index in [0.717, 1.165) is 16.8 Å². The van der Waals surface area contributed by atoms with E-state index in [1.165, 1.54) is 23.9 Å². The molecule has 4 aromatic rings. The number of fused-ring (bicyclic) bond motifs is 3. The van der Waals surface area contributed by atoms with Crippen molar-refractivity contribution >= 4 is 29.4 Å². The van der Waals surface area contributed by atoms with E-state index >= 15 is 0 Å². The Labute approximate surface area is 192 Å². The number of thioether (sulfide) groups is 1. The fraction of sp³-hybridized carbons (Fsp3) is 0.0870. The summed E-state index contributed by atoms with van der Waals surface area (Å²) in [5.41, 5.74) is 3.31. The number of benzene rings is 2. The lowest BCUT2D eigenvalue weighted by Gasteiger charge is -2.15. The van der Waals surface area contributed by atoms with E-state index < -0.39 is 11.2 Å². The number of hydrogen-bond acceptors (Lipinski definition) is 9. The van der Waals surface area contributed by atoms with Gasteiger partial charge >= 0.3 is 5.88 Å². The van der Waals surface area contributed by atoms with Gasteiger partial charge in [0.05, 0.1) is 6.07 Å². The van der Waals surface area contributed by atoms with Crippen LogP contribution in [0.25, 0.3) is 17.3 Å². The first kappa shape index (κ1) is 20.7. The van der Waals surface area contributed by atoms with Gasteiger partial charge in [-0.3, -0.25) is 10.1 Å². The second kappa shape index (κ2) is 9.13. The minimum absolute atomic E-state index is 0.322. The number of nitrogens with one attached hydrogen (secondary N) is 1. The van der Waals surface area contributed by atoms with Crippen LogP contribution in [0.5, 0.6) is 5.88 Å². The second-order valence-electron chi connectivity index (χ2n) is 7.04. The Hall–Kier alpha value is -4.18. The van der Waals surface area contributed by atoms with E-state index in [1.54, 1.807) is 12.2 Å². The van der Waals surface area contributed by atoms with Crippen molar-refractivity contribution in [3.05, 3.63) is 94.2 Å². The van der Waals surface area contributed by atoms with Gasteiger partial charge in [-0.1, -0.05) is 60.3 Å². The molecule has 9 nitrogen and oxygen atoms in total. The molecule has 1 aliphatic rings. The molecule has 10 heteroatoms. The third-order valence-electron chi connectivity index (χ3n) is 4.79. The van der Waals surface area contributed by atoms with Gasteiger partial charge in [0.2, 0.25) is 11.0 Å². The molecule has 0 amide bonds. The molecule has 0 fully saturated rings. The standard InChI is InChI=1S/C23H17N5O4S/c29-28(30)20-13-11-16(31-20)10-12-19-24-18-9-5-4-8-17(18)21-22(32-19)25-23(27-26-21)33-14-15-6-2-1-3-7-15/h1-13,19,24H,14H2. The van der Waals surface area contributed by atoms with E-state index in [-0.39, 0.29) is 5.88 Å². The minimum Gasteiger partial charge on any atom is -0.448 e. The van der Waals surface area contributed by atoms with Crippen molar-refractivity contribution in [3.8, 4) is 17.1 Å². The molecule has 1 unspecified atom stereocenters. The summed E-state index contributed by atoms with van der Waals surface area (Å²) < 4.78 is 11.3. The van der Waals surface area contributed by atoms with E-state index in [1.807, 2.05) is 54.6 Å². The fourth-order valence-corrected chi connectivity index (χ4v) is 3.98. The van der Waals surface area contributed by atoms with Crippen LogP contribution < -0.4 is 10.1 Å². The highest BCUT2D eigenvalue weighted by molar-refractivity contribution is 7.98. The lowest BCUT2D eigenvalue weighted by Crippen LogP contribution is -2.23. The molecule has 1 aliphatic heterocycles. The van der Waals surface area contributed by atoms with Crippen molar-refractivity contribution in [2.45, 2.75) is 17.1 Å². The molecule has 33 heavy (non-hydrogen) atoms. The van der Waals surface area contributed by atoms with Crippen LogP contribution in [0.2, 0.25) is 0 Å². The maximum Gasteiger partial charge on any atom is 0.433 e. The zero-order valence-corrected chi connectivity index (χ0v) is 17.9. The van der Waals surface area contributed by atoms with Gasteiger partial charge in [-0.2, -0.15) is 4.98 Å². The van der Waals surface area contributed by atoms with Crippen molar-refractivity contribution < 1.29 is 14.1 Å². The van der Waals surface area contributed by atoms with Crippen LogP contribution in [0.1, 0.15) is 11.3 Å². The Morgan fingerprint density at radius 3 is 2.70 bits per heavy atom. The first-order valence-electron chi connectivity index (χ1n) is 10.0. The summed E-state index contributed by atoms with van der Waals surface area (Å²) in [5.74, 6) is 1.07. The number of nitrogens with zero attached hydrogens (tertiary/aromatic N) is 4. The van der Waals surface area contributed by atoms with E-state index in [2.05, 4.69) is 20.5 Å². The number of rotatable bonds is 6. The normalized spacial score (nSPS) is 14.6. The van der Waals surface area contributed by atoms with Gasteiger partial charge in [0, 0.05) is 17.0 Å². The summed E-state index contributed by atoms with van der Waals surface area (Å²) in [6.07, 6.45) is 2.70. The highest BCUT2D eigenvalue weighted by atomic mass is 32.2. The summed E-state index contributed by atoms with van der Waals surface area (Å²) in [5, 5.41) is 23.3. The molecule has 1 N–H and O–H groups in total. The lowest BCUT2D eigenvalue weighted by molar-refractivity contribution is -0.402. The number of hydrogen-bond donors (Lipinski definition) is 1. The molecular weight excluding hydrogens is 442 g/mol. The summed E-state index contributed by atoms with van der Waals surface area (Å²) in [7, 11) is 0. The molecule has 2 aromatic carbocycles. The van der Waals surface area contributed by atoms with Gasteiger partial charge in [0.15, 0.2) is 11.9 Å². The molecule has 0 radical (unpaired) electrons. The average Bonchev–Trinajstić information content (AvgIpc) is 3.26. The van der Waals surface area contributed by atoms with Gasteiger partial charge in [-0.15, -0.1) is 10.2 Å². The summed E-state index contributed by atoms with van der Waals surface area (Å²) >= 11 is 1.47. The van der Waals surface area contributed by atoms with Crippen molar-refractivity contribution in [3.63, 3.8) is 0 Å². The molecule has 164 valence electrons. The molecule has 0 saturated carbocycles. The fourth-order valence-electron chi connectivity index (χ4n) is 3.25. The molecule has 2 aromatic heterocycles. The van der Waals surface area contributed by atoms with Crippen LogP contribution in [-0.2, 0) is 5.75 Å². The van der Waals surface area contributed by atoms with Crippen molar-refractivity contribution in [1.29, 1.82) is 0 Å². The molecule has 0 bridgehead atoms. The van der Waals surface area contributed by atoms with E-state index in [0.29, 0.717) is 28.2 Å². The molecule has 0 aliphatic carbocycles. The van der Waals surface area contributed by atoms with E-state index in [9.17, 15) is 10.1 Å². The lowest BCUT2D eigenvalue weighted by atomic mass is 10.1. The van der Waals surface area contributed by atoms with Crippen molar-refractivity contribution in [1.82, 2.24) is 15.2 Å². The Balaban J connectivity index is 1.42. The SMILES string of the molecule is O=[N+]([O-])c1ccc(C=CC2Nc3ccccc3-c3nnc(SCc4ccccc4)nc3O2)o1. The van der Waals surface area contributed by atoms with E-state index in [4.69, 9.17) is 9.15 Å². The molecular formula is C23H17N5O4S. The molecule has 0 spiro atoms. The van der Waals surface area contributed by atoms with Gasteiger partial charge in [-0.25, -0.2) is 0 Å². The third-order valence-corrected chi connectivity index (χ3v) is 5.70. The van der Waals surface area contributed by atoms with Crippen LogP contribution in [0.15, 0.2) is 82.4 Å². The monoisotopic (exact) mass is 459 g/mol. The number of aromatic nitrogens is 3. The average molecular weight is 459 g/mol. The first-order valence-corrected chi connectivity index (χ1v) is 11.0. The maximum atomic E-state index is 10.8. The number of nitro groups is 1.